The first-order valence-corrected chi connectivity index (χ1v) is 5.24. The highest BCUT2D eigenvalue weighted by Crippen LogP contribution is 2.41. The third kappa shape index (κ3) is 1.48. The van der Waals surface area contributed by atoms with Crippen molar-refractivity contribution in [2.24, 2.45) is 0 Å². The molecule has 1 aromatic rings. The van der Waals surface area contributed by atoms with Crippen molar-refractivity contribution in [3.05, 3.63) is 22.2 Å². The quantitative estimate of drug-likeness (QED) is 0.676. The summed E-state index contributed by atoms with van der Waals surface area (Å²) in [6.07, 6.45) is 0. The van der Waals surface area contributed by atoms with Gasteiger partial charge in [-0.2, -0.15) is 4.13 Å². The minimum Gasteiger partial charge on any atom is -0.199 e. The predicted octanol–water partition coefficient (Wildman–Crippen LogP) is 3.61. The Bertz CT molecular complexity index is 274. The molecule has 0 aromatic heterocycles. The first-order valence-electron chi connectivity index (χ1n) is 2.85. The molecule has 1 aliphatic heterocycles. The van der Waals surface area contributed by atoms with E-state index in [1.807, 2.05) is 12.1 Å². The van der Waals surface area contributed by atoms with Crippen LogP contribution in [0.4, 0.5) is 0 Å². The van der Waals surface area contributed by atoms with Crippen LogP contribution in [0.5, 0.6) is 0 Å². The molecule has 11 heavy (non-hydrogen) atoms. The number of benzene rings is 1. The molecule has 1 N–H and O–H groups in total. The molecule has 1 aliphatic rings. The van der Waals surface area contributed by atoms with Gasteiger partial charge in [0.2, 0.25) is 0 Å². The molecular formula is C6H3Cl2NS2. The lowest BCUT2D eigenvalue weighted by atomic mass is 10.4. The topological polar surface area (TPSA) is 12.0 Å². The van der Waals surface area contributed by atoms with E-state index in [4.69, 9.17) is 23.2 Å². The molecule has 0 amide bonds. The number of halogens is 2. The van der Waals surface area contributed by atoms with Crippen LogP contribution in [0.25, 0.3) is 0 Å². The van der Waals surface area contributed by atoms with Crippen LogP contribution in [0.2, 0.25) is 10.0 Å². The van der Waals surface area contributed by atoms with Gasteiger partial charge in [0.15, 0.2) is 0 Å². The van der Waals surface area contributed by atoms with Crippen LogP contribution in [-0.4, -0.2) is 0 Å². The van der Waals surface area contributed by atoms with Gasteiger partial charge in [-0.25, -0.2) is 0 Å². The van der Waals surface area contributed by atoms with Crippen LogP contribution in [0.15, 0.2) is 21.9 Å². The average Bonchev–Trinajstić information content (AvgIpc) is 2.36. The summed E-state index contributed by atoms with van der Waals surface area (Å²) < 4.78 is 3.06. The Morgan fingerprint density at radius 3 is 1.91 bits per heavy atom. The maximum atomic E-state index is 5.81. The van der Waals surface area contributed by atoms with Crippen LogP contribution < -0.4 is 4.13 Å². The van der Waals surface area contributed by atoms with Gasteiger partial charge in [0.05, 0.1) is 10.0 Å². The van der Waals surface area contributed by atoms with Crippen LogP contribution in [0.1, 0.15) is 0 Å². The van der Waals surface area contributed by atoms with Crippen molar-refractivity contribution >= 4 is 47.1 Å². The van der Waals surface area contributed by atoms with E-state index in [0.717, 1.165) is 9.79 Å². The van der Waals surface area contributed by atoms with Gasteiger partial charge >= 0.3 is 0 Å². The number of hydrogen-bond donors (Lipinski definition) is 1. The predicted molar refractivity (Wildman–Crippen MR) is 51.3 cm³/mol. The normalized spacial score (nSPS) is 15.1. The molecule has 0 saturated carbocycles. The zero-order valence-corrected chi connectivity index (χ0v) is 8.37. The van der Waals surface area contributed by atoms with Crippen molar-refractivity contribution in [1.82, 2.24) is 4.13 Å². The molecular weight excluding hydrogens is 221 g/mol. The standard InChI is InChI=1S/C6H3Cl2NS2/c7-3-1-5-6(2-4(3)8)11-9-10-5/h1-2,9H. The van der Waals surface area contributed by atoms with Crippen molar-refractivity contribution in [2.75, 3.05) is 0 Å². The lowest BCUT2D eigenvalue weighted by molar-refractivity contribution is 1.27. The van der Waals surface area contributed by atoms with E-state index < -0.39 is 0 Å². The summed E-state index contributed by atoms with van der Waals surface area (Å²) in [7, 11) is 0. The van der Waals surface area contributed by atoms with Gasteiger partial charge in [0, 0.05) is 9.79 Å². The Morgan fingerprint density at radius 1 is 1.00 bits per heavy atom. The van der Waals surface area contributed by atoms with Crippen LogP contribution in [0.3, 0.4) is 0 Å². The van der Waals surface area contributed by atoms with Gasteiger partial charge in [-0.3, -0.25) is 0 Å². The zero-order valence-electron chi connectivity index (χ0n) is 5.23. The summed E-state index contributed by atoms with van der Waals surface area (Å²) in [6.45, 7) is 0. The Hall–Kier alpha value is 0.460. The van der Waals surface area contributed by atoms with Gasteiger partial charge < -0.3 is 0 Å². The first kappa shape index (κ1) is 8.08. The monoisotopic (exact) mass is 223 g/mol. The molecule has 2 rings (SSSR count). The maximum absolute atomic E-state index is 5.81. The molecule has 0 saturated heterocycles. The second-order valence-electron chi connectivity index (χ2n) is 2.00. The first-order chi connectivity index (χ1) is 5.27. The maximum Gasteiger partial charge on any atom is 0.0604 e. The molecule has 5 heteroatoms. The highest BCUT2D eigenvalue weighted by Gasteiger charge is 2.14. The Balaban J connectivity index is 2.57. The van der Waals surface area contributed by atoms with Crippen LogP contribution in [0, 0.1) is 0 Å². The van der Waals surface area contributed by atoms with Gasteiger partial charge in [0.1, 0.15) is 0 Å². The lowest BCUT2D eigenvalue weighted by Gasteiger charge is -1.97. The third-order valence-corrected chi connectivity index (χ3v) is 3.92. The van der Waals surface area contributed by atoms with E-state index in [0.29, 0.717) is 10.0 Å². The molecule has 0 spiro atoms. The molecule has 1 nitrogen and oxygen atoms in total. The van der Waals surface area contributed by atoms with Gasteiger partial charge in [-0.05, 0) is 36.0 Å². The van der Waals surface area contributed by atoms with E-state index in [1.54, 1.807) is 23.9 Å². The zero-order chi connectivity index (χ0) is 7.84. The summed E-state index contributed by atoms with van der Waals surface area (Å²) >= 11 is 14.7. The fraction of sp³-hybridized carbons (Fsp3) is 0. The SMILES string of the molecule is Clc1cc2c(cc1Cl)SNS2. The van der Waals surface area contributed by atoms with E-state index in [-0.39, 0.29) is 0 Å². The molecule has 1 heterocycles. The van der Waals surface area contributed by atoms with Gasteiger partial charge in [-0.15, -0.1) is 0 Å². The summed E-state index contributed by atoms with van der Waals surface area (Å²) in [5.74, 6) is 0. The Labute approximate surface area is 83.1 Å². The van der Waals surface area contributed by atoms with E-state index in [2.05, 4.69) is 4.13 Å². The van der Waals surface area contributed by atoms with E-state index in [1.165, 1.54) is 0 Å². The third-order valence-electron chi connectivity index (χ3n) is 1.29. The fourth-order valence-electron chi connectivity index (χ4n) is 0.780. The molecule has 0 radical (unpaired) electrons. The van der Waals surface area contributed by atoms with Gasteiger partial charge in [-0.1, -0.05) is 23.2 Å². The number of rotatable bonds is 0. The minimum atomic E-state index is 0.613. The van der Waals surface area contributed by atoms with Crippen LogP contribution in [-0.2, 0) is 0 Å². The average molecular weight is 224 g/mol. The molecule has 58 valence electrons. The minimum absolute atomic E-state index is 0.613. The lowest BCUT2D eigenvalue weighted by Crippen LogP contribution is -1.73. The van der Waals surface area contributed by atoms with Crippen molar-refractivity contribution in [2.45, 2.75) is 9.79 Å². The van der Waals surface area contributed by atoms with E-state index >= 15 is 0 Å². The number of nitrogens with one attached hydrogen (secondary N) is 1. The molecule has 0 fully saturated rings. The van der Waals surface area contributed by atoms with Gasteiger partial charge in [0.25, 0.3) is 0 Å². The second kappa shape index (κ2) is 3.07. The molecule has 0 aliphatic carbocycles. The van der Waals surface area contributed by atoms with Crippen molar-refractivity contribution in [1.29, 1.82) is 0 Å². The molecule has 0 unspecified atom stereocenters. The highest BCUT2D eigenvalue weighted by atomic mass is 35.5. The summed E-state index contributed by atoms with van der Waals surface area (Å²) in [4.78, 5) is 2.29. The highest BCUT2D eigenvalue weighted by molar-refractivity contribution is 8.15. The van der Waals surface area contributed by atoms with Crippen molar-refractivity contribution in [3.63, 3.8) is 0 Å². The number of fused-ring (bicyclic) bond motifs is 1. The van der Waals surface area contributed by atoms with Crippen LogP contribution >= 0.6 is 47.1 Å². The van der Waals surface area contributed by atoms with Crippen molar-refractivity contribution < 1.29 is 0 Å². The largest absolute Gasteiger partial charge is 0.199 e. The smallest absolute Gasteiger partial charge is 0.0604 e. The Kier molecular flexibility index (Phi) is 2.25. The second-order valence-corrected chi connectivity index (χ2v) is 4.77. The molecule has 1 aromatic carbocycles. The summed E-state index contributed by atoms with van der Waals surface area (Å²) in [5, 5.41) is 1.23. The Morgan fingerprint density at radius 2 is 1.45 bits per heavy atom. The summed E-state index contributed by atoms with van der Waals surface area (Å²) in [5.41, 5.74) is 0. The fourth-order valence-corrected chi connectivity index (χ4v) is 3.04. The molecule has 0 bridgehead atoms. The molecule has 0 atom stereocenters. The van der Waals surface area contributed by atoms with E-state index in [9.17, 15) is 0 Å². The van der Waals surface area contributed by atoms with Crippen molar-refractivity contribution in [3.8, 4) is 0 Å². The number of hydrogen-bond acceptors (Lipinski definition) is 3. The summed E-state index contributed by atoms with van der Waals surface area (Å²) in [6, 6.07) is 3.74.